The lowest BCUT2D eigenvalue weighted by Gasteiger charge is -2.15. The number of carbonyl (C=O) groups is 1. The number of hydrogen-bond acceptors (Lipinski definition) is 5. The maximum absolute atomic E-state index is 13.1. The molecule has 0 radical (unpaired) electrons. The summed E-state index contributed by atoms with van der Waals surface area (Å²) in [7, 11) is 1.51. The van der Waals surface area contributed by atoms with Crippen molar-refractivity contribution in [2.75, 3.05) is 17.7 Å². The highest BCUT2D eigenvalue weighted by Gasteiger charge is 2.31. The zero-order valence-corrected chi connectivity index (χ0v) is 15.2. The van der Waals surface area contributed by atoms with E-state index >= 15 is 0 Å². The average molecular weight is 409 g/mol. The van der Waals surface area contributed by atoms with Gasteiger partial charge in [0.1, 0.15) is 11.5 Å². The van der Waals surface area contributed by atoms with E-state index in [9.17, 15) is 18.0 Å². The van der Waals surface area contributed by atoms with Gasteiger partial charge in [0.15, 0.2) is 10.9 Å². The second-order valence-corrected chi connectivity index (χ2v) is 6.30. The summed E-state index contributed by atoms with van der Waals surface area (Å²) < 4.78 is 49.9. The zero-order chi connectivity index (χ0) is 20.1. The third kappa shape index (κ3) is 4.92. The predicted octanol–water partition coefficient (Wildman–Crippen LogP) is 5.61. The van der Waals surface area contributed by atoms with Crippen LogP contribution in [0.5, 0.6) is 17.2 Å². The molecule has 0 fully saturated rings. The molecule has 0 saturated heterocycles. The molecule has 0 bridgehead atoms. The molecule has 0 atom stereocenters. The number of methoxy groups -OCH3 is 1. The van der Waals surface area contributed by atoms with Gasteiger partial charge in [0.25, 0.3) is 0 Å². The van der Waals surface area contributed by atoms with E-state index in [0.717, 1.165) is 18.2 Å². The van der Waals surface area contributed by atoms with Crippen LogP contribution >= 0.6 is 11.3 Å². The highest BCUT2D eigenvalue weighted by molar-refractivity contribution is 7.13. The first-order valence-corrected chi connectivity index (χ1v) is 8.74. The van der Waals surface area contributed by atoms with E-state index in [1.165, 1.54) is 24.6 Å². The van der Waals surface area contributed by atoms with Crippen LogP contribution in [0.1, 0.15) is 5.56 Å². The number of anilines is 2. The Morgan fingerprint density at radius 3 is 2.39 bits per heavy atom. The Morgan fingerprint density at radius 2 is 1.79 bits per heavy atom. The standard InChI is InChI=1S/C18H14F3N3O3S/c1-26-12-3-5-13(6-4-12)27-15-7-2-11(18(19,20)21)10-14(15)23-16(25)24-17-22-8-9-28-17/h2-10H,1H3,(H2,22,23,24,25). The van der Waals surface area contributed by atoms with Gasteiger partial charge in [-0.25, -0.2) is 9.78 Å². The SMILES string of the molecule is COc1ccc(Oc2ccc(C(F)(F)F)cc2NC(=O)Nc2nccs2)cc1. The Labute approximate surface area is 161 Å². The number of halogens is 3. The number of nitrogens with zero attached hydrogens (tertiary/aromatic N) is 1. The fourth-order valence-electron chi connectivity index (χ4n) is 2.20. The number of urea groups is 1. The van der Waals surface area contributed by atoms with E-state index < -0.39 is 17.8 Å². The van der Waals surface area contributed by atoms with Gasteiger partial charge < -0.3 is 14.8 Å². The third-order valence-electron chi connectivity index (χ3n) is 3.50. The van der Waals surface area contributed by atoms with Gasteiger partial charge in [-0.3, -0.25) is 5.32 Å². The van der Waals surface area contributed by atoms with Crippen molar-refractivity contribution in [1.82, 2.24) is 4.98 Å². The Morgan fingerprint density at radius 1 is 1.07 bits per heavy atom. The summed E-state index contributed by atoms with van der Waals surface area (Å²) in [6.07, 6.45) is -3.08. The lowest BCUT2D eigenvalue weighted by Crippen LogP contribution is -2.20. The van der Waals surface area contributed by atoms with Crippen LogP contribution in [0.4, 0.5) is 28.8 Å². The first-order valence-electron chi connectivity index (χ1n) is 7.86. The molecule has 2 N–H and O–H groups in total. The van der Waals surface area contributed by atoms with Crippen LogP contribution in [0.25, 0.3) is 0 Å². The highest BCUT2D eigenvalue weighted by atomic mass is 32.1. The number of benzene rings is 2. The number of aromatic nitrogens is 1. The Bertz CT molecular complexity index is 945. The summed E-state index contributed by atoms with van der Waals surface area (Å²) in [5, 5.41) is 6.77. The number of hydrogen-bond donors (Lipinski definition) is 2. The van der Waals surface area contributed by atoms with E-state index in [4.69, 9.17) is 9.47 Å². The number of thiazole rings is 1. The molecule has 146 valence electrons. The van der Waals surface area contributed by atoms with Crippen LogP contribution < -0.4 is 20.1 Å². The number of alkyl halides is 3. The van der Waals surface area contributed by atoms with Gasteiger partial charge in [-0.15, -0.1) is 11.3 Å². The van der Waals surface area contributed by atoms with Crippen molar-refractivity contribution >= 4 is 28.2 Å². The Balaban J connectivity index is 1.85. The van der Waals surface area contributed by atoms with E-state index in [1.807, 2.05) is 0 Å². The summed E-state index contributed by atoms with van der Waals surface area (Å²) in [5.41, 5.74) is -1.06. The molecule has 1 aromatic heterocycles. The normalized spacial score (nSPS) is 11.0. The number of rotatable bonds is 5. The second-order valence-electron chi connectivity index (χ2n) is 5.40. The molecule has 0 unspecified atom stereocenters. The number of amides is 2. The molecule has 2 amide bonds. The van der Waals surface area contributed by atoms with Gasteiger partial charge in [0.05, 0.1) is 18.4 Å². The van der Waals surface area contributed by atoms with Crippen molar-refractivity contribution in [2.45, 2.75) is 6.18 Å². The van der Waals surface area contributed by atoms with Gasteiger partial charge in [-0.1, -0.05) is 0 Å². The summed E-state index contributed by atoms with van der Waals surface area (Å²) in [6, 6.07) is 8.55. The Hall–Kier alpha value is -3.27. The first kappa shape index (κ1) is 19.5. The van der Waals surface area contributed by atoms with E-state index in [0.29, 0.717) is 16.6 Å². The van der Waals surface area contributed by atoms with Gasteiger partial charge in [-0.05, 0) is 42.5 Å². The highest BCUT2D eigenvalue weighted by Crippen LogP contribution is 2.37. The third-order valence-corrected chi connectivity index (χ3v) is 4.18. The lowest BCUT2D eigenvalue weighted by molar-refractivity contribution is -0.137. The molecule has 3 rings (SSSR count). The first-order chi connectivity index (χ1) is 13.3. The fourth-order valence-corrected chi connectivity index (χ4v) is 2.72. The smallest absolute Gasteiger partial charge is 0.416 e. The van der Waals surface area contributed by atoms with E-state index in [-0.39, 0.29) is 11.4 Å². The van der Waals surface area contributed by atoms with Crippen LogP contribution in [-0.2, 0) is 6.18 Å². The lowest BCUT2D eigenvalue weighted by atomic mass is 10.1. The summed E-state index contributed by atoms with van der Waals surface area (Å²) in [6.45, 7) is 0. The van der Waals surface area contributed by atoms with Crippen LogP contribution in [0.2, 0.25) is 0 Å². The van der Waals surface area contributed by atoms with Crippen LogP contribution in [0.15, 0.2) is 54.0 Å². The predicted molar refractivity (Wildman–Crippen MR) is 99.3 cm³/mol. The molecule has 1 heterocycles. The zero-order valence-electron chi connectivity index (χ0n) is 14.4. The summed E-state index contributed by atoms with van der Waals surface area (Å²) >= 11 is 1.17. The van der Waals surface area contributed by atoms with Crippen molar-refractivity contribution in [3.8, 4) is 17.2 Å². The molecule has 3 aromatic rings. The molecule has 0 spiro atoms. The fraction of sp³-hybridized carbons (Fsp3) is 0.111. The second kappa shape index (κ2) is 8.17. The molecular weight excluding hydrogens is 395 g/mol. The molecule has 6 nitrogen and oxygen atoms in total. The quantitative estimate of drug-likeness (QED) is 0.575. The minimum absolute atomic E-state index is 0.0486. The summed E-state index contributed by atoms with van der Waals surface area (Å²) in [5.74, 6) is 1.01. The average Bonchev–Trinajstić information content (AvgIpc) is 3.15. The van der Waals surface area contributed by atoms with Crippen molar-refractivity contribution < 1.29 is 27.4 Å². The van der Waals surface area contributed by atoms with E-state index in [1.54, 1.807) is 29.6 Å². The maximum atomic E-state index is 13.1. The molecule has 28 heavy (non-hydrogen) atoms. The molecule has 10 heteroatoms. The van der Waals surface area contributed by atoms with Crippen molar-refractivity contribution in [3.63, 3.8) is 0 Å². The largest absolute Gasteiger partial charge is 0.497 e. The van der Waals surface area contributed by atoms with Gasteiger partial charge in [0.2, 0.25) is 0 Å². The van der Waals surface area contributed by atoms with Crippen LogP contribution in [-0.4, -0.2) is 18.1 Å². The van der Waals surface area contributed by atoms with Crippen molar-refractivity contribution in [3.05, 3.63) is 59.6 Å². The minimum atomic E-state index is -4.57. The molecule has 0 aliphatic carbocycles. The topological polar surface area (TPSA) is 72.5 Å². The molecule has 0 saturated carbocycles. The van der Waals surface area contributed by atoms with Crippen LogP contribution in [0.3, 0.4) is 0 Å². The van der Waals surface area contributed by atoms with Gasteiger partial charge in [-0.2, -0.15) is 13.2 Å². The number of carbonyl (C=O) groups excluding carboxylic acids is 1. The van der Waals surface area contributed by atoms with Gasteiger partial charge >= 0.3 is 12.2 Å². The minimum Gasteiger partial charge on any atom is -0.497 e. The maximum Gasteiger partial charge on any atom is 0.416 e. The van der Waals surface area contributed by atoms with Crippen LogP contribution in [0, 0.1) is 0 Å². The molecule has 0 aliphatic rings. The van der Waals surface area contributed by atoms with Crippen molar-refractivity contribution in [1.29, 1.82) is 0 Å². The Kier molecular flexibility index (Phi) is 5.69. The van der Waals surface area contributed by atoms with Gasteiger partial charge in [0, 0.05) is 11.6 Å². The molecule has 0 aliphatic heterocycles. The van der Waals surface area contributed by atoms with Crippen molar-refractivity contribution in [2.24, 2.45) is 0 Å². The monoisotopic (exact) mass is 409 g/mol. The summed E-state index contributed by atoms with van der Waals surface area (Å²) in [4.78, 5) is 16.0. The molecule has 2 aromatic carbocycles. The number of nitrogens with one attached hydrogen (secondary N) is 2. The number of ether oxygens (including phenoxy) is 2. The van der Waals surface area contributed by atoms with E-state index in [2.05, 4.69) is 15.6 Å². The molecular formula is C18H14F3N3O3S.